The standard InChI is InChI=1S/C13H18BrN3/c14-9-6-4-8(5-7-9)13-12-10(15)2-1-3-11(12)16-17-13/h4-7,10-13,16-17H,1-3,15H2. The van der Waals surface area contributed by atoms with Gasteiger partial charge in [-0.2, -0.15) is 0 Å². The van der Waals surface area contributed by atoms with Crippen LogP contribution in [0.25, 0.3) is 0 Å². The van der Waals surface area contributed by atoms with E-state index in [1.807, 2.05) is 0 Å². The fraction of sp³-hybridized carbons (Fsp3) is 0.538. The molecule has 4 N–H and O–H groups in total. The second kappa shape index (κ2) is 4.69. The number of benzene rings is 1. The largest absolute Gasteiger partial charge is 0.327 e. The molecule has 4 unspecified atom stereocenters. The smallest absolute Gasteiger partial charge is 0.0520 e. The Bertz CT molecular complexity index is 392. The quantitative estimate of drug-likeness (QED) is 0.744. The van der Waals surface area contributed by atoms with Crippen molar-refractivity contribution < 1.29 is 0 Å². The monoisotopic (exact) mass is 295 g/mol. The number of hydrogen-bond donors (Lipinski definition) is 3. The highest BCUT2D eigenvalue weighted by Gasteiger charge is 2.42. The number of nitrogens with one attached hydrogen (secondary N) is 2. The van der Waals surface area contributed by atoms with Crippen molar-refractivity contribution in [3.8, 4) is 0 Å². The average molecular weight is 296 g/mol. The summed E-state index contributed by atoms with van der Waals surface area (Å²) in [5.74, 6) is 0.518. The Kier molecular flexibility index (Phi) is 3.21. The van der Waals surface area contributed by atoms with Crippen molar-refractivity contribution in [2.24, 2.45) is 11.7 Å². The van der Waals surface area contributed by atoms with Crippen molar-refractivity contribution in [2.45, 2.75) is 37.4 Å². The van der Waals surface area contributed by atoms with Gasteiger partial charge in [0.05, 0.1) is 6.04 Å². The van der Waals surface area contributed by atoms with E-state index in [2.05, 4.69) is 51.0 Å². The summed E-state index contributed by atoms with van der Waals surface area (Å²) in [7, 11) is 0. The van der Waals surface area contributed by atoms with Crippen LogP contribution in [0.15, 0.2) is 28.7 Å². The van der Waals surface area contributed by atoms with Crippen molar-refractivity contribution >= 4 is 15.9 Å². The molecule has 3 rings (SSSR count). The summed E-state index contributed by atoms with van der Waals surface area (Å²) in [5.41, 5.74) is 14.4. The van der Waals surface area contributed by atoms with Gasteiger partial charge in [0.25, 0.3) is 0 Å². The number of halogens is 1. The van der Waals surface area contributed by atoms with Gasteiger partial charge in [-0.05, 0) is 30.5 Å². The Hall–Kier alpha value is -0.420. The van der Waals surface area contributed by atoms with Gasteiger partial charge in [-0.15, -0.1) is 0 Å². The molecule has 4 atom stereocenters. The molecular formula is C13H18BrN3. The highest BCUT2D eigenvalue weighted by molar-refractivity contribution is 9.10. The average Bonchev–Trinajstić information content (AvgIpc) is 2.75. The molecule has 3 nitrogen and oxygen atoms in total. The predicted octanol–water partition coefficient (Wildman–Crippen LogP) is 2.09. The number of nitrogens with two attached hydrogens (primary N) is 1. The zero-order valence-corrected chi connectivity index (χ0v) is 11.3. The third kappa shape index (κ3) is 2.15. The molecule has 1 aromatic rings. The van der Waals surface area contributed by atoms with Crippen molar-refractivity contribution in [3.63, 3.8) is 0 Å². The van der Waals surface area contributed by atoms with Crippen LogP contribution in [-0.4, -0.2) is 12.1 Å². The van der Waals surface area contributed by atoms with Gasteiger partial charge in [0.1, 0.15) is 0 Å². The summed E-state index contributed by atoms with van der Waals surface area (Å²) in [5, 5.41) is 0. The topological polar surface area (TPSA) is 50.1 Å². The molecule has 17 heavy (non-hydrogen) atoms. The molecular weight excluding hydrogens is 278 g/mol. The third-order valence-corrected chi connectivity index (χ3v) is 4.58. The molecule has 1 aliphatic carbocycles. The van der Waals surface area contributed by atoms with Crippen LogP contribution >= 0.6 is 15.9 Å². The van der Waals surface area contributed by atoms with Gasteiger partial charge in [0, 0.05) is 22.5 Å². The maximum atomic E-state index is 6.29. The molecule has 1 aliphatic heterocycles. The first-order valence-electron chi connectivity index (χ1n) is 6.28. The van der Waals surface area contributed by atoms with E-state index in [4.69, 9.17) is 5.73 Å². The SMILES string of the molecule is NC1CCCC2NNC(c3ccc(Br)cc3)C12. The molecule has 2 fully saturated rings. The number of hydrogen-bond acceptors (Lipinski definition) is 3. The summed E-state index contributed by atoms with van der Waals surface area (Å²) >= 11 is 3.47. The lowest BCUT2D eigenvalue weighted by atomic mass is 9.76. The van der Waals surface area contributed by atoms with Crippen LogP contribution in [0.5, 0.6) is 0 Å². The Morgan fingerprint density at radius 2 is 1.88 bits per heavy atom. The highest BCUT2D eigenvalue weighted by Crippen LogP contribution is 2.37. The van der Waals surface area contributed by atoms with E-state index >= 15 is 0 Å². The second-order valence-corrected chi connectivity index (χ2v) is 6.01. The second-order valence-electron chi connectivity index (χ2n) is 5.10. The Morgan fingerprint density at radius 3 is 2.65 bits per heavy atom. The predicted molar refractivity (Wildman–Crippen MR) is 72.3 cm³/mol. The summed E-state index contributed by atoms with van der Waals surface area (Å²) in [6.07, 6.45) is 3.63. The van der Waals surface area contributed by atoms with E-state index < -0.39 is 0 Å². The molecule has 0 amide bonds. The molecule has 1 heterocycles. The van der Waals surface area contributed by atoms with Crippen LogP contribution in [-0.2, 0) is 0 Å². The van der Waals surface area contributed by atoms with Crippen LogP contribution in [0.2, 0.25) is 0 Å². The van der Waals surface area contributed by atoms with E-state index in [9.17, 15) is 0 Å². The summed E-state index contributed by atoms with van der Waals surface area (Å²) in [4.78, 5) is 0. The van der Waals surface area contributed by atoms with Gasteiger partial charge in [-0.3, -0.25) is 5.43 Å². The summed E-state index contributed by atoms with van der Waals surface area (Å²) in [6.45, 7) is 0. The van der Waals surface area contributed by atoms with Gasteiger partial charge < -0.3 is 5.73 Å². The number of rotatable bonds is 1. The maximum absolute atomic E-state index is 6.29. The van der Waals surface area contributed by atoms with Crippen LogP contribution < -0.4 is 16.6 Å². The van der Waals surface area contributed by atoms with E-state index in [0.29, 0.717) is 24.0 Å². The molecule has 2 aliphatic rings. The van der Waals surface area contributed by atoms with E-state index in [0.717, 1.165) is 10.9 Å². The summed E-state index contributed by atoms with van der Waals surface area (Å²) < 4.78 is 1.12. The van der Waals surface area contributed by atoms with E-state index in [1.54, 1.807) is 0 Å². The van der Waals surface area contributed by atoms with Crippen LogP contribution in [0.3, 0.4) is 0 Å². The lowest BCUT2D eigenvalue weighted by molar-refractivity contribution is 0.265. The Morgan fingerprint density at radius 1 is 1.12 bits per heavy atom. The van der Waals surface area contributed by atoms with Crippen molar-refractivity contribution in [2.75, 3.05) is 0 Å². The van der Waals surface area contributed by atoms with E-state index in [-0.39, 0.29) is 0 Å². The molecule has 1 saturated heterocycles. The molecule has 0 spiro atoms. The number of fused-ring (bicyclic) bond motifs is 1. The van der Waals surface area contributed by atoms with Crippen LogP contribution in [0, 0.1) is 5.92 Å². The first-order valence-corrected chi connectivity index (χ1v) is 7.07. The van der Waals surface area contributed by atoms with E-state index in [1.165, 1.54) is 18.4 Å². The minimum atomic E-state index is 0.310. The first-order chi connectivity index (χ1) is 8.25. The molecule has 1 aromatic carbocycles. The molecule has 1 saturated carbocycles. The number of hydrazine groups is 1. The minimum Gasteiger partial charge on any atom is -0.327 e. The molecule has 0 radical (unpaired) electrons. The fourth-order valence-corrected chi connectivity index (χ4v) is 3.44. The molecule has 0 aromatic heterocycles. The van der Waals surface area contributed by atoms with Gasteiger partial charge >= 0.3 is 0 Å². The molecule has 92 valence electrons. The van der Waals surface area contributed by atoms with Gasteiger partial charge in [0.2, 0.25) is 0 Å². The third-order valence-electron chi connectivity index (χ3n) is 4.05. The highest BCUT2D eigenvalue weighted by atomic mass is 79.9. The zero-order chi connectivity index (χ0) is 11.8. The molecule has 0 bridgehead atoms. The van der Waals surface area contributed by atoms with Gasteiger partial charge in [0.15, 0.2) is 0 Å². The van der Waals surface area contributed by atoms with Crippen molar-refractivity contribution in [1.29, 1.82) is 0 Å². The van der Waals surface area contributed by atoms with Gasteiger partial charge in [-0.1, -0.05) is 34.5 Å². The lowest BCUT2D eigenvalue weighted by Crippen LogP contribution is -2.43. The Labute approximate surface area is 110 Å². The summed E-state index contributed by atoms with van der Waals surface area (Å²) in [6, 6.07) is 9.73. The van der Waals surface area contributed by atoms with Gasteiger partial charge in [-0.25, -0.2) is 5.43 Å². The first kappa shape index (κ1) is 11.7. The van der Waals surface area contributed by atoms with Crippen LogP contribution in [0.1, 0.15) is 30.9 Å². The normalized spacial score (nSPS) is 36.8. The van der Waals surface area contributed by atoms with Crippen molar-refractivity contribution in [3.05, 3.63) is 34.3 Å². The fourth-order valence-electron chi connectivity index (χ4n) is 3.17. The van der Waals surface area contributed by atoms with Crippen LogP contribution in [0.4, 0.5) is 0 Å². The molecule has 4 heteroatoms. The zero-order valence-electron chi connectivity index (χ0n) is 9.70. The Balaban J connectivity index is 1.86. The maximum Gasteiger partial charge on any atom is 0.0520 e. The van der Waals surface area contributed by atoms with Crippen molar-refractivity contribution in [1.82, 2.24) is 10.9 Å². The lowest BCUT2D eigenvalue weighted by Gasteiger charge is -2.33. The minimum absolute atomic E-state index is 0.310.